The van der Waals surface area contributed by atoms with Crippen molar-refractivity contribution in [1.29, 1.82) is 0 Å². The molecule has 0 unspecified atom stereocenters. The van der Waals surface area contributed by atoms with E-state index in [-0.39, 0.29) is 0 Å². The van der Waals surface area contributed by atoms with Crippen molar-refractivity contribution in [1.82, 2.24) is 0 Å². The predicted molar refractivity (Wildman–Crippen MR) is 94.1 cm³/mol. The summed E-state index contributed by atoms with van der Waals surface area (Å²) in [5.74, 6) is 1.41. The van der Waals surface area contributed by atoms with E-state index < -0.39 is 9.39 Å². The van der Waals surface area contributed by atoms with Crippen LogP contribution in [-0.4, -0.2) is 25.1 Å². The molecule has 0 saturated carbocycles. The zero-order chi connectivity index (χ0) is 17.1. The maximum absolute atomic E-state index is 6.32. The van der Waals surface area contributed by atoms with Crippen molar-refractivity contribution in [2.24, 2.45) is 0 Å². The van der Waals surface area contributed by atoms with E-state index in [1.165, 1.54) is 7.11 Å². The summed E-state index contributed by atoms with van der Waals surface area (Å²) in [6.45, 7) is 0. The third-order valence-electron chi connectivity index (χ3n) is 3.70. The lowest BCUT2D eigenvalue weighted by Gasteiger charge is -2.39. The molecule has 0 fully saturated rings. The molecule has 0 saturated heterocycles. The maximum atomic E-state index is 6.32. The van der Waals surface area contributed by atoms with Crippen molar-refractivity contribution in [2.75, 3.05) is 21.3 Å². The molecule has 0 N–H and O–H groups in total. The van der Waals surface area contributed by atoms with Gasteiger partial charge in [0.15, 0.2) is 5.60 Å². The SMILES string of the molecule is COc1ccc(C(OC)(c2ccc(OC)cc2)C(Cl)(Cl)Cl)cc1. The Morgan fingerprint density at radius 3 is 1.22 bits per heavy atom. The van der Waals surface area contributed by atoms with Gasteiger partial charge in [-0.3, -0.25) is 0 Å². The van der Waals surface area contributed by atoms with Crippen molar-refractivity contribution < 1.29 is 14.2 Å². The zero-order valence-electron chi connectivity index (χ0n) is 13.0. The van der Waals surface area contributed by atoms with Crippen LogP contribution in [0.15, 0.2) is 48.5 Å². The number of ether oxygens (including phenoxy) is 3. The molecular formula is C17H17Cl3O3. The van der Waals surface area contributed by atoms with Crippen molar-refractivity contribution in [3.63, 3.8) is 0 Å². The average Bonchev–Trinajstić information content (AvgIpc) is 2.56. The first kappa shape index (κ1) is 18.2. The second kappa shape index (κ2) is 7.18. The highest BCUT2D eigenvalue weighted by Crippen LogP contribution is 2.51. The Kier molecular flexibility index (Phi) is 5.69. The third-order valence-corrected chi connectivity index (χ3v) is 4.50. The normalized spacial score (nSPS) is 12.1. The number of methoxy groups -OCH3 is 3. The molecule has 2 rings (SSSR count). The Labute approximate surface area is 151 Å². The number of halogens is 3. The molecule has 6 heteroatoms. The summed E-state index contributed by atoms with van der Waals surface area (Å²) >= 11 is 18.9. The summed E-state index contributed by atoms with van der Waals surface area (Å²) in [5.41, 5.74) is 0.132. The van der Waals surface area contributed by atoms with Crippen LogP contribution in [0.1, 0.15) is 11.1 Å². The molecule has 0 aliphatic rings. The first-order valence-corrected chi connectivity index (χ1v) is 7.93. The Morgan fingerprint density at radius 1 is 0.652 bits per heavy atom. The fourth-order valence-corrected chi connectivity index (χ4v) is 3.38. The van der Waals surface area contributed by atoms with E-state index in [1.807, 2.05) is 24.3 Å². The van der Waals surface area contributed by atoms with Crippen molar-refractivity contribution in [2.45, 2.75) is 9.39 Å². The number of hydrogen-bond acceptors (Lipinski definition) is 3. The molecule has 2 aromatic rings. The first-order chi connectivity index (χ1) is 10.9. The van der Waals surface area contributed by atoms with Gasteiger partial charge in [-0.15, -0.1) is 0 Å². The molecule has 0 bridgehead atoms. The van der Waals surface area contributed by atoms with Crippen LogP contribution in [-0.2, 0) is 10.3 Å². The Hall–Kier alpha value is -1.13. The summed E-state index contributed by atoms with van der Waals surface area (Å²) in [7, 11) is 4.70. The second-order valence-corrected chi connectivity index (χ2v) is 7.12. The largest absolute Gasteiger partial charge is 0.497 e. The lowest BCUT2D eigenvalue weighted by molar-refractivity contribution is 0.0252. The number of benzene rings is 2. The van der Waals surface area contributed by atoms with Crippen LogP contribution in [0.3, 0.4) is 0 Å². The second-order valence-electron chi connectivity index (χ2n) is 4.84. The third kappa shape index (κ3) is 3.38. The van der Waals surface area contributed by atoms with Gasteiger partial charge in [-0.05, 0) is 35.4 Å². The van der Waals surface area contributed by atoms with Gasteiger partial charge in [0.1, 0.15) is 11.5 Å². The monoisotopic (exact) mass is 374 g/mol. The molecule has 0 radical (unpaired) electrons. The molecule has 0 aromatic heterocycles. The fraction of sp³-hybridized carbons (Fsp3) is 0.294. The van der Waals surface area contributed by atoms with Crippen molar-refractivity contribution in [3.8, 4) is 11.5 Å². The molecule has 0 spiro atoms. The highest BCUT2D eigenvalue weighted by Gasteiger charge is 2.52. The molecule has 3 nitrogen and oxygen atoms in total. The summed E-state index contributed by atoms with van der Waals surface area (Å²) in [6.07, 6.45) is 0. The summed E-state index contributed by atoms with van der Waals surface area (Å²) in [6, 6.07) is 14.4. The van der Waals surface area contributed by atoms with E-state index in [0.29, 0.717) is 22.6 Å². The maximum Gasteiger partial charge on any atom is 0.227 e. The molecule has 0 atom stereocenters. The van der Waals surface area contributed by atoms with Gasteiger partial charge >= 0.3 is 0 Å². The minimum atomic E-state index is -1.73. The zero-order valence-corrected chi connectivity index (χ0v) is 15.2. The van der Waals surface area contributed by atoms with Gasteiger partial charge in [0.2, 0.25) is 3.79 Å². The van der Waals surface area contributed by atoms with E-state index in [0.717, 1.165) is 0 Å². The predicted octanol–water partition coefficient (Wildman–Crippen LogP) is 4.96. The van der Waals surface area contributed by atoms with Crippen LogP contribution < -0.4 is 9.47 Å². The summed E-state index contributed by atoms with van der Waals surface area (Å²) < 4.78 is 14.4. The Bertz CT molecular complexity index is 586. The standard InChI is InChI=1S/C17H17Cl3O3/c1-21-14-8-4-12(5-9-14)16(23-3,17(18,19)20)13-6-10-15(22-2)11-7-13/h4-11H,1-3H3. The minimum Gasteiger partial charge on any atom is -0.497 e. The molecule has 124 valence electrons. The van der Waals surface area contributed by atoms with Crippen LogP contribution in [0, 0.1) is 0 Å². The van der Waals surface area contributed by atoms with Gasteiger partial charge in [0.05, 0.1) is 14.2 Å². The summed E-state index contributed by atoms with van der Waals surface area (Å²) in [4.78, 5) is 0. The Morgan fingerprint density at radius 2 is 1.00 bits per heavy atom. The first-order valence-electron chi connectivity index (χ1n) is 6.80. The van der Waals surface area contributed by atoms with E-state index >= 15 is 0 Å². The molecule has 0 heterocycles. The lowest BCUT2D eigenvalue weighted by Crippen LogP contribution is -2.43. The highest BCUT2D eigenvalue weighted by atomic mass is 35.6. The molecule has 0 aliphatic carbocycles. The smallest absolute Gasteiger partial charge is 0.227 e. The van der Waals surface area contributed by atoms with Crippen LogP contribution >= 0.6 is 34.8 Å². The summed E-state index contributed by atoms with van der Waals surface area (Å²) in [5, 5.41) is 0. The quantitative estimate of drug-likeness (QED) is 0.691. The van der Waals surface area contributed by atoms with Gasteiger partial charge in [0, 0.05) is 7.11 Å². The Balaban J connectivity index is 2.63. The topological polar surface area (TPSA) is 27.7 Å². The molecule has 0 aliphatic heterocycles. The van der Waals surface area contributed by atoms with Crippen molar-refractivity contribution >= 4 is 34.8 Å². The molecule has 23 heavy (non-hydrogen) atoms. The van der Waals surface area contributed by atoms with Gasteiger partial charge in [0.25, 0.3) is 0 Å². The van der Waals surface area contributed by atoms with Gasteiger partial charge in [-0.25, -0.2) is 0 Å². The van der Waals surface area contributed by atoms with Crippen LogP contribution in [0.25, 0.3) is 0 Å². The molecular weight excluding hydrogens is 359 g/mol. The van der Waals surface area contributed by atoms with E-state index in [2.05, 4.69) is 0 Å². The van der Waals surface area contributed by atoms with Crippen molar-refractivity contribution in [3.05, 3.63) is 59.7 Å². The van der Waals surface area contributed by atoms with E-state index in [9.17, 15) is 0 Å². The fourth-order valence-electron chi connectivity index (χ4n) is 2.50. The molecule has 2 aromatic carbocycles. The van der Waals surface area contributed by atoms with Gasteiger partial charge < -0.3 is 14.2 Å². The van der Waals surface area contributed by atoms with Crippen LogP contribution in [0.2, 0.25) is 0 Å². The highest BCUT2D eigenvalue weighted by molar-refractivity contribution is 6.68. The number of alkyl halides is 3. The lowest BCUT2D eigenvalue weighted by atomic mass is 9.87. The van der Waals surface area contributed by atoms with Gasteiger partial charge in [-0.1, -0.05) is 59.1 Å². The minimum absolute atomic E-state index is 0.700. The average molecular weight is 376 g/mol. The van der Waals surface area contributed by atoms with E-state index in [1.54, 1.807) is 38.5 Å². The van der Waals surface area contributed by atoms with Crippen LogP contribution in [0.5, 0.6) is 11.5 Å². The molecule has 0 amide bonds. The number of hydrogen-bond donors (Lipinski definition) is 0. The van der Waals surface area contributed by atoms with Crippen LogP contribution in [0.4, 0.5) is 0 Å². The van der Waals surface area contributed by atoms with E-state index in [4.69, 9.17) is 49.0 Å². The number of rotatable bonds is 5. The van der Waals surface area contributed by atoms with Gasteiger partial charge in [-0.2, -0.15) is 0 Å².